The summed E-state index contributed by atoms with van der Waals surface area (Å²) in [6, 6.07) is 3.73. The molecule has 1 aliphatic heterocycles. The van der Waals surface area contributed by atoms with E-state index in [1.165, 1.54) is 0 Å². The van der Waals surface area contributed by atoms with Crippen molar-refractivity contribution in [1.82, 2.24) is 4.90 Å². The Morgan fingerprint density at radius 2 is 2.33 bits per heavy atom. The molecule has 1 aromatic rings. The molecule has 3 rings (SSSR count). The Labute approximate surface area is 131 Å². The number of amides is 1. The molecule has 2 heterocycles. The molecule has 7 heteroatoms. The summed E-state index contributed by atoms with van der Waals surface area (Å²) in [5.74, 6) is 0.865. The summed E-state index contributed by atoms with van der Waals surface area (Å²) in [6.45, 7) is 1.64. The van der Waals surface area contributed by atoms with E-state index in [9.17, 15) is 14.7 Å². The Morgan fingerprint density at radius 1 is 1.62 bits per heavy atom. The predicted molar refractivity (Wildman–Crippen MR) is 80.1 cm³/mol. The van der Waals surface area contributed by atoms with Crippen LogP contribution in [0, 0.1) is 5.92 Å². The quantitative estimate of drug-likeness (QED) is 0.615. The lowest BCUT2D eigenvalue weighted by molar-refractivity contribution is -0.305. The maximum absolute atomic E-state index is 12.1. The molecule has 2 fully saturated rings. The van der Waals surface area contributed by atoms with Crippen LogP contribution in [0.2, 0.25) is 0 Å². The second-order valence-corrected chi connectivity index (χ2v) is 6.88. The number of thiocarbonyl (C=S) groups is 1. The van der Waals surface area contributed by atoms with Crippen molar-refractivity contribution in [3.05, 3.63) is 28.6 Å². The molecule has 0 N–H and O–H groups in total. The summed E-state index contributed by atoms with van der Waals surface area (Å²) >= 11 is 6.08. The second-order valence-electron chi connectivity index (χ2n) is 5.20. The van der Waals surface area contributed by atoms with Gasteiger partial charge in [0.25, 0.3) is 5.91 Å². The Kier molecular flexibility index (Phi) is 3.62. The van der Waals surface area contributed by atoms with Gasteiger partial charge in [-0.2, -0.15) is 0 Å². The highest BCUT2D eigenvalue weighted by Gasteiger charge is 2.37. The number of hydrogen-bond donors (Lipinski definition) is 0. The van der Waals surface area contributed by atoms with Gasteiger partial charge >= 0.3 is 0 Å². The van der Waals surface area contributed by atoms with Crippen molar-refractivity contribution < 1.29 is 19.1 Å². The van der Waals surface area contributed by atoms with Gasteiger partial charge in [0.1, 0.15) is 15.8 Å². The van der Waals surface area contributed by atoms with Crippen molar-refractivity contribution in [3.8, 4) is 0 Å². The van der Waals surface area contributed by atoms with Crippen LogP contribution in [0.25, 0.3) is 6.08 Å². The van der Waals surface area contributed by atoms with Crippen LogP contribution in [-0.4, -0.2) is 27.6 Å². The van der Waals surface area contributed by atoms with E-state index < -0.39 is 18.4 Å². The SMILES string of the molecule is C[C@@H]1C[C@@H]1c1ccc(/C=C2\SC(=S)N(CC(=O)[O-])C2=O)o1. The zero-order valence-electron chi connectivity index (χ0n) is 11.2. The number of furan rings is 1. The molecule has 1 aliphatic carbocycles. The van der Waals surface area contributed by atoms with Crippen molar-refractivity contribution >= 4 is 46.3 Å². The Balaban J connectivity index is 1.77. The molecule has 1 saturated heterocycles. The van der Waals surface area contributed by atoms with E-state index in [4.69, 9.17) is 16.6 Å². The number of aliphatic carboxylic acids is 1. The maximum atomic E-state index is 12.1. The average molecular weight is 322 g/mol. The lowest BCUT2D eigenvalue weighted by atomic mass is 10.3. The van der Waals surface area contributed by atoms with Crippen LogP contribution in [0.15, 0.2) is 21.5 Å². The molecule has 110 valence electrons. The third kappa shape index (κ3) is 2.89. The number of thioether (sulfide) groups is 1. The van der Waals surface area contributed by atoms with Gasteiger partial charge in [0, 0.05) is 12.0 Å². The largest absolute Gasteiger partial charge is 0.548 e. The Hall–Kier alpha value is -1.60. The van der Waals surface area contributed by atoms with Gasteiger partial charge in [-0.15, -0.1) is 0 Å². The number of carbonyl (C=O) groups is 2. The molecule has 0 aromatic carbocycles. The first-order valence-electron chi connectivity index (χ1n) is 6.50. The number of carbonyl (C=O) groups excluding carboxylic acids is 2. The molecule has 2 aliphatic rings. The van der Waals surface area contributed by atoms with Crippen LogP contribution in [0.4, 0.5) is 0 Å². The molecule has 21 heavy (non-hydrogen) atoms. The summed E-state index contributed by atoms with van der Waals surface area (Å²) < 4.78 is 5.93. The van der Waals surface area contributed by atoms with Gasteiger partial charge in [0.05, 0.1) is 17.4 Å². The molecule has 2 atom stereocenters. The van der Waals surface area contributed by atoms with Crippen molar-refractivity contribution in [2.75, 3.05) is 6.54 Å². The van der Waals surface area contributed by atoms with E-state index in [2.05, 4.69) is 6.92 Å². The molecule has 0 radical (unpaired) electrons. The highest BCUT2D eigenvalue weighted by molar-refractivity contribution is 8.26. The van der Waals surface area contributed by atoms with E-state index in [1.807, 2.05) is 12.1 Å². The van der Waals surface area contributed by atoms with Crippen LogP contribution in [0.1, 0.15) is 30.8 Å². The summed E-state index contributed by atoms with van der Waals surface area (Å²) in [4.78, 5) is 24.1. The summed E-state index contributed by atoms with van der Waals surface area (Å²) in [7, 11) is 0. The third-order valence-corrected chi connectivity index (χ3v) is 4.93. The smallest absolute Gasteiger partial charge is 0.266 e. The monoisotopic (exact) mass is 322 g/mol. The molecular weight excluding hydrogens is 310 g/mol. The zero-order chi connectivity index (χ0) is 15.1. The highest BCUT2D eigenvalue weighted by atomic mass is 32.2. The first-order chi connectivity index (χ1) is 9.95. The van der Waals surface area contributed by atoms with Gasteiger partial charge < -0.3 is 14.3 Å². The van der Waals surface area contributed by atoms with Gasteiger partial charge in [0.15, 0.2) is 0 Å². The summed E-state index contributed by atoms with van der Waals surface area (Å²) in [5, 5.41) is 10.6. The lowest BCUT2D eigenvalue weighted by Crippen LogP contribution is -2.40. The fraction of sp³-hybridized carbons (Fsp3) is 0.357. The Bertz CT molecular complexity index is 664. The van der Waals surface area contributed by atoms with E-state index in [0.29, 0.717) is 22.5 Å². The van der Waals surface area contributed by atoms with E-state index in [1.54, 1.807) is 6.08 Å². The number of carboxylic acid groups (broad SMARTS) is 1. The van der Waals surface area contributed by atoms with Crippen LogP contribution < -0.4 is 5.11 Å². The van der Waals surface area contributed by atoms with Gasteiger partial charge in [-0.3, -0.25) is 9.69 Å². The number of nitrogens with zero attached hydrogens (tertiary/aromatic N) is 1. The standard InChI is InChI=1S/C14H13NO4S2/c1-7-4-9(7)10-3-2-8(19-10)5-11-13(18)15(6-12(16)17)14(20)21-11/h2-3,5,7,9H,4,6H2,1H3,(H,16,17)/p-1/b11-5-/t7-,9+/m1/s1. The molecule has 1 aromatic heterocycles. The van der Waals surface area contributed by atoms with Gasteiger partial charge in [-0.25, -0.2) is 0 Å². The van der Waals surface area contributed by atoms with Gasteiger partial charge in [0.2, 0.25) is 0 Å². The average Bonchev–Trinajstić information content (AvgIpc) is 2.87. The second kappa shape index (κ2) is 5.31. The fourth-order valence-corrected chi connectivity index (χ4v) is 3.49. The molecule has 1 amide bonds. The normalized spacial score (nSPS) is 26.7. The van der Waals surface area contributed by atoms with Crippen molar-refractivity contribution in [1.29, 1.82) is 0 Å². The van der Waals surface area contributed by atoms with Gasteiger partial charge in [-0.05, 0) is 24.5 Å². The first kappa shape index (κ1) is 14.3. The van der Waals surface area contributed by atoms with E-state index in [0.717, 1.165) is 28.8 Å². The van der Waals surface area contributed by atoms with Crippen molar-refractivity contribution in [3.63, 3.8) is 0 Å². The molecule has 5 nitrogen and oxygen atoms in total. The minimum Gasteiger partial charge on any atom is -0.548 e. The Morgan fingerprint density at radius 3 is 2.95 bits per heavy atom. The van der Waals surface area contributed by atoms with Gasteiger partial charge in [-0.1, -0.05) is 30.9 Å². The zero-order valence-corrected chi connectivity index (χ0v) is 12.8. The van der Waals surface area contributed by atoms with Crippen LogP contribution in [0.5, 0.6) is 0 Å². The van der Waals surface area contributed by atoms with Crippen LogP contribution >= 0.6 is 24.0 Å². The fourth-order valence-electron chi connectivity index (χ4n) is 2.26. The number of carboxylic acids is 1. The van der Waals surface area contributed by atoms with Crippen LogP contribution in [-0.2, 0) is 9.59 Å². The molecule has 0 bridgehead atoms. The summed E-state index contributed by atoms with van der Waals surface area (Å²) in [6.07, 6.45) is 2.73. The lowest BCUT2D eigenvalue weighted by Gasteiger charge is -2.14. The molecule has 0 spiro atoms. The maximum Gasteiger partial charge on any atom is 0.266 e. The highest BCUT2D eigenvalue weighted by Crippen LogP contribution is 2.47. The molecule has 0 unspecified atom stereocenters. The topological polar surface area (TPSA) is 73.6 Å². The van der Waals surface area contributed by atoms with Crippen molar-refractivity contribution in [2.45, 2.75) is 19.3 Å². The third-order valence-electron chi connectivity index (χ3n) is 3.56. The van der Waals surface area contributed by atoms with E-state index in [-0.39, 0.29) is 4.32 Å². The van der Waals surface area contributed by atoms with Crippen molar-refractivity contribution in [2.24, 2.45) is 5.92 Å². The molecular formula is C14H12NO4S2-. The predicted octanol–water partition coefficient (Wildman–Crippen LogP) is 1.35. The first-order valence-corrected chi connectivity index (χ1v) is 7.73. The minimum atomic E-state index is -1.34. The summed E-state index contributed by atoms with van der Waals surface area (Å²) in [5.41, 5.74) is 0. The number of hydrogen-bond acceptors (Lipinski definition) is 6. The van der Waals surface area contributed by atoms with E-state index >= 15 is 0 Å². The minimum absolute atomic E-state index is 0.220. The molecule has 1 saturated carbocycles. The number of rotatable bonds is 4. The van der Waals surface area contributed by atoms with Crippen LogP contribution in [0.3, 0.4) is 0 Å².